The second-order valence-corrected chi connectivity index (χ2v) is 9.13. The molecule has 0 spiro atoms. The predicted molar refractivity (Wildman–Crippen MR) is 110 cm³/mol. The first-order chi connectivity index (χ1) is 13.5. The van der Waals surface area contributed by atoms with Gasteiger partial charge in [-0.1, -0.05) is 17.8 Å². The lowest BCUT2D eigenvalue weighted by Gasteiger charge is -2.25. The summed E-state index contributed by atoms with van der Waals surface area (Å²) in [6.45, 7) is 0.505. The second kappa shape index (κ2) is 8.17. The summed E-state index contributed by atoms with van der Waals surface area (Å²) in [5, 5.41) is 21.3. The van der Waals surface area contributed by atoms with Crippen LogP contribution < -0.4 is 15.8 Å². The molecule has 1 aromatic carbocycles. The summed E-state index contributed by atoms with van der Waals surface area (Å²) in [6.07, 6.45) is -1.04. The molecule has 2 aliphatic rings. The summed E-state index contributed by atoms with van der Waals surface area (Å²) in [6, 6.07) is 5.69. The van der Waals surface area contributed by atoms with Crippen molar-refractivity contribution in [3.05, 3.63) is 29.2 Å². The Morgan fingerprint density at radius 3 is 2.93 bits per heavy atom. The van der Waals surface area contributed by atoms with Crippen LogP contribution in [0.1, 0.15) is 5.37 Å². The van der Waals surface area contributed by atoms with E-state index in [-0.39, 0.29) is 11.4 Å². The van der Waals surface area contributed by atoms with Gasteiger partial charge < -0.3 is 30.6 Å². The lowest BCUT2D eigenvalue weighted by Crippen LogP contribution is -2.30. The Kier molecular flexibility index (Phi) is 5.81. The van der Waals surface area contributed by atoms with Crippen LogP contribution in [0.15, 0.2) is 34.2 Å². The van der Waals surface area contributed by atoms with Crippen molar-refractivity contribution in [2.24, 2.45) is 5.73 Å². The lowest BCUT2D eigenvalue weighted by atomic mass is 10.1. The molecule has 1 aromatic heterocycles. The monoisotopic (exact) mass is 442 g/mol. The maximum atomic E-state index is 14.6. The van der Waals surface area contributed by atoms with Gasteiger partial charge in [-0.15, -0.1) is 11.8 Å². The van der Waals surface area contributed by atoms with Gasteiger partial charge in [0.15, 0.2) is 6.17 Å². The number of benzene rings is 1. The van der Waals surface area contributed by atoms with Gasteiger partial charge in [0.2, 0.25) is 4.77 Å². The summed E-state index contributed by atoms with van der Waals surface area (Å²) in [5.74, 6) is 1.25. The fraction of sp³-hybridized carbons (Fsp3) is 0.412. The number of nitrogens with one attached hydrogen (secondary N) is 1. The molecular weight excluding hydrogens is 423 g/mol. The number of hydrogen-bond donors (Lipinski definition) is 4. The molecule has 1 saturated heterocycles. The Morgan fingerprint density at radius 1 is 1.39 bits per heavy atom. The van der Waals surface area contributed by atoms with Crippen molar-refractivity contribution in [2.45, 2.75) is 32.7 Å². The van der Waals surface area contributed by atoms with Crippen molar-refractivity contribution >= 4 is 47.2 Å². The molecule has 11 heteroatoms. The minimum absolute atomic E-state index is 0.196. The Hall–Kier alpha value is -1.37. The van der Waals surface area contributed by atoms with E-state index in [1.54, 1.807) is 10.8 Å². The highest BCUT2D eigenvalue weighted by atomic mass is 32.2. The molecular formula is C17H19FN4O3S3. The highest BCUT2D eigenvalue weighted by Crippen LogP contribution is 2.49. The van der Waals surface area contributed by atoms with Gasteiger partial charge in [0.1, 0.15) is 29.7 Å². The van der Waals surface area contributed by atoms with E-state index in [4.69, 9.17) is 22.7 Å². The lowest BCUT2D eigenvalue weighted by molar-refractivity contribution is 0.0633. The molecule has 3 heterocycles. The maximum Gasteiger partial charge on any atom is 0.202 e. The van der Waals surface area contributed by atoms with Crippen LogP contribution in [0, 0.1) is 4.77 Å². The quantitative estimate of drug-likeness (QED) is 0.443. The van der Waals surface area contributed by atoms with E-state index in [1.165, 1.54) is 11.8 Å². The Labute approximate surface area is 174 Å². The molecule has 0 saturated carbocycles. The fourth-order valence-corrected chi connectivity index (χ4v) is 5.80. The van der Waals surface area contributed by atoms with Gasteiger partial charge in [-0.3, -0.25) is 0 Å². The van der Waals surface area contributed by atoms with Crippen molar-refractivity contribution in [3.63, 3.8) is 0 Å². The van der Waals surface area contributed by atoms with E-state index in [9.17, 15) is 14.6 Å². The van der Waals surface area contributed by atoms with Gasteiger partial charge in [-0.05, 0) is 24.4 Å². The first-order valence-corrected chi connectivity index (χ1v) is 10.8. The molecule has 150 valence electrons. The predicted octanol–water partition coefficient (Wildman–Crippen LogP) is 2.46. The number of hydrogen-bond acceptors (Lipinski definition) is 9. The SMILES string of the molecule is NCCOc1cccc2c1Nc1nc(=S)n([C@@H]3S[C@H](CO)C(O)C3F)cc1S2. The minimum atomic E-state index is -1.54. The molecule has 0 aliphatic carbocycles. The number of ether oxygens (including phenoxy) is 1. The molecule has 2 aromatic rings. The summed E-state index contributed by atoms with van der Waals surface area (Å²) in [5.41, 5.74) is 6.31. The van der Waals surface area contributed by atoms with E-state index in [1.807, 2.05) is 18.2 Å². The summed E-state index contributed by atoms with van der Waals surface area (Å²) in [4.78, 5) is 6.16. The van der Waals surface area contributed by atoms with Crippen molar-refractivity contribution in [2.75, 3.05) is 25.1 Å². The second-order valence-electron chi connectivity index (χ2n) is 6.32. The zero-order valence-electron chi connectivity index (χ0n) is 14.6. The van der Waals surface area contributed by atoms with E-state index in [0.29, 0.717) is 24.7 Å². The van der Waals surface area contributed by atoms with Crippen LogP contribution in [-0.4, -0.2) is 57.0 Å². The Morgan fingerprint density at radius 2 is 2.21 bits per heavy atom. The average Bonchev–Trinajstić information content (AvgIpc) is 2.98. The van der Waals surface area contributed by atoms with Crippen LogP contribution in [-0.2, 0) is 0 Å². The van der Waals surface area contributed by atoms with Crippen LogP contribution in [0.2, 0.25) is 0 Å². The molecule has 0 bridgehead atoms. The standard InChI is InChI=1S/C17H19FN4O3S3/c18-12-14(24)11(7-23)28-16(12)22-6-10-15(21-17(22)26)20-13-8(25-5-4-19)2-1-3-9(13)27-10/h1-3,6,11-12,14,16,23-24H,4-5,7,19H2,(H,20,21,26)/t11-,12?,14?,16-/m1/s1. The van der Waals surface area contributed by atoms with Crippen molar-refractivity contribution in [1.82, 2.24) is 9.55 Å². The topological polar surface area (TPSA) is 106 Å². The molecule has 4 atom stereocenters. The van der Waals surface area contributed by atoms with Gasteiger partial charge in [-0.2, -0.15) is 0 Å². The number of fused-ring (bicyclic) bond motifs is 2. The molecule has 0 amide bonds. The van der Waals surface area contributed by atoms with Crippen molar-refractivity contribution < 1.29 is 19.3 Å². The molecule has 28 heavy (non-hydrogen) atoms. The highest BCUT2D eigenvalue weighted by Gasteiger charge is 2.44. The first kappa shape index (κ1) is 19.9. The molecule has 2 aliphatic heterocycles. The number of rotatable bonds is 5. The Bertz CT molecular complexity index is 944. The van der Waals surface area contributed by atoms with Gasteiger partial charge in [0.25, 0.3) is 0 Å². The number of nitrogens with two attached hydrogens (primary N) is 1. The molecule has 7 nitrogen and oxygen atoms in total. The summed E-state index contributed by atoms with van der Waals surface area (Å²) in [7, 11) is 0. The number of para-hydroxylation sites is 1. The van der Waals surface area contributed by atoms with Gasteiger partial charge in [-0.25, -0.2) is 9.37 Å². The van der Waals surface area contributed by atoms with E-state index >= 15 is 0 Å². The minimum Gasteiger partial charge on any atom is -0.490 e. The first-order valence-electron chi connectivity index (χ1n) is 8.66. The zero-order chi connectivity index (χ0) is 19.8. The number of alkyl halides is 1. The number of halogens is 1. The fourth-order valence-electron chi connectivity index (χ4n) is 3.12. The van der Waals surface area contributed by atoms with Crippen LogP contribution >= 0.6 is 35.7 Å². The van der Waals surface area contributed by atoms with Crippen LogP contribution in [0.5, 0.6) is 5.75 Å². The van der Waals surface area contributed by atoms with Crippen molar-refractivity contribution in [3.8, 4) is 5.75 Å². The van der Waals surface area contributed by atoms with Crippen LogP contribution in [0.4, 0.5) is 15.9 Å². The molecule has 2 unspecified atom stereocenters. The number of aromatic nitrogens is 2. The smallest absolute Gasteiger partial charge is 0.202 e. The normalized spacial score (nSPS) is 25.7. The third-order valence-corrected chi connectivity index (χ3v) is 7.42. The number of thioether (sulfide) groups is 1. The molecule has 4 rings (SSSR count). The molecule has 0 radical (unpaired) electrons. The third-order valence-electron chi connectivity index (χ3n) is 4.49. The number of nitrogens with zero attached hydrogens (tertiary/aromatic N) is 2. The number of anilines is 2. The molecule has 5 N–H and O–H groups in total. The summed E-state index contributed by atoms with van der Waals surface area (Å²) < 4.78 is 22.0. The van der Waals surface area contributed by atoms with Gasteiger partial charge in [0.05, 0.1) is 22.4 Å². The number of aliphatic hydroxyl groups is 2. The summed E-state index contributed by atoms with van der Waals surface area (Å²) >= 11 is 8.01. The average molecular weight is 443 g/mol. The maximum absolute atomic E-state index is 14.6. The zero-order valence-corrected chi connectivity index (χ0v) is 17.1. The van der Waals surface area contributed by atoms with E-state index in [0.717, 1.165) is 27.2 Å². The molecule has 1 fully saturated rings. The van der Waals surface area contributed by atoms with E-state index < -0.39 is 22.9 Å². The van der Waals surface area contributed by atoms with Gasteiger partial charge >= 0.3 is 0 Å². The number of aliphatic hydroxyl groups excluding tert-OH is 2. The van der Waals surface area contributed by atoms with Crippen LogP contribution in [0.25, 0.3) is 0 Å². The largest absolute Gasteiger partial charge is 0.490 e. The Balaban J connectivity index is 1.67. The van der Waals surface area contributed by atoms with Gasteiger partial charge in [0, 0.05) is 17.6 Å². The highest BCUT2D eigenvalue weighted by molar-refractivity contribution is 8.00. The third kappa shape index (κ3) is 3.51. The van der Waals surface area contributed by atoms with Crippen LogP contribution in [0.3, 0.4) is 0 Å². The van der Waals surface area contributed by atoms with Crippen molar-refractivity contribution in [1.29, 1.82) is 0 Å². The van der Waals surface area contributed by atoms with E-state index in [2.05, 4.69) is 10.3 Å².